The minimum Gasteiger partial charge on any atom is -0.459 e. The molecule has 3 rings (SSSR count). The molecule has 21 heavy (non-hydrogen) atoms. The second-order valence-electron chi connectivity index (χ2n) is 7.83. The predicted molar refractivity (Wildman–Crippen MR) is 78.9 cm³/mol. The maximum Gasteiger partial charge on any atom is 0.303 e. The second kappa shape index (κ2) is 4.95. The number of carbonyl (C=O) groups excluding carboxylic acids is 1. The molecule has 120 valence electrons. The highest BCUT2D eigenvalue weighted by Crippen LogP contribution is 2.53. The minimum absolute atomic E-state index is 0.0337. The van der Waals surface area contributed by atoms with Gasteiger partial charge in [0.15, 0.2) is 0 Å². The molecule has 4 heteroatoms. The molecule has 1 unspecified atom stereocenters. The van der Waals surface area contributed by atoms with Crippen LogP contribution in [0.1, 0.15) is 60.3 Å². The fourth-order valence-corrected chi connectivity index (χ4v) is 4.06. The van der Waals surface area contributed by atoms with Crippen molar-refractivity contribution in [3.63, 3.8) is 0 Å². The fraction of sp³-hybridized carbons (Fsp3) is 0.941. The van der Waals surface area contributed by atoms with E-state index in [2.05, 4.69) is 27.7 Å². The summed E-state index contributed by atoms with van der Waals surface area (Å²) in [5.41, 5.74) is -0.108. The molecule has 2 saturated heterocycles. The summed E-state index contributed by atoms with van der Waals surface area (Å²) in [4.78, 5) is 11.5. The number of epoxide rings is 2. The van der Waals surface area contributed by atoms with Crippen LogP contribution in [0.3, 0.4) is 0 Å². The summed E-state index contributed by atoms with van der Waals surface area (Å²) in [5.74, 6) is 0.593. The molecule has 0 aromatic carbocycles. The van der Waals surface area contributed by atoms with Crippen molar-refractivity contribution in [1.82, 2.24) is 0 Å². The van der Waals surface area contributed by atoms with Crippen LogP contribution < -0.4 is 0 Å². The van der Waals surface area contributed by atoms with E-state index in [-0.39, 0.29) is 29.4 Å². The molecule has 0 aromatic heterocycles. The van der Waals surface area contributed by atoms with Gasteiger partial charge in [-0.05, 0) is 45.4 Å². The Hall–Kier alpha value is -0.610. The molecule has 0 N–H and O–H groups in total. The zero-order valence-corrected chi connectivity index (χ0v) is 13.8. The first-order valence-corrected chi connectivity index (χ1v) is 8.28. The molecule has 3 fully saturated rings. The Labute approximate surface area is 127 Å². The number of hydrogen-bond acceptors (Lipinski definition) is 4. The monoisotopic (exact) mass is 296 g/mol. The van der Waals surface area contributed by atoms with E-state index >= 15 is 0 Å². The van der Waals surface area contributed by atoms with Crippen LogP contribution in [-0.2, 0) is 19.0 Å². The second-order valence-corrected chi connectivity index (χ2v) is 7.83. The van der Waals surface area contributed by atoms with Gasteiger partial charge in [-0.2, -0.15) is 0 Å². The third-order valence-corrected chi connectivity index (χ3v) is 5.73. The molecule has 1 aliphatic carbocycles. The third-order valence-electron chi connectivity index (χ3n) is 5.73. The van der Waals surface area contributed by atoms with E-state index in [0.29, 0.717) is 17.9 Å². The summed E-state index contributed by atoms with van der Waals surface area (Å²) < 4.78 is 17.6. The molecule has 4 nitrogen and oxygen atoms in total. The molecular formula is C17H28O4. The number of hydrogen-bond donors (Lipinski definition) is 0. The van der Waals surface area contributed by atoms with E-state index in [1.807, 2.05) is 0 Å². The maximum absolute atomic E-state index is 11.5. The van der Waals surface area contributed by atoms with Gasteiger partial charge < -0.3 is 14.2 Å². The highest BCUT2D eigenvalue weighted by molar-refractivity contribution is 5.66. The van der Waals surface area contributed by atoms with Gasteiger partial charge in [0.05, 0.1) is 17.3 Å². The first kappa shape index (κ1) is 15.3. The SMILES string of the molecule is CC(=O)O[C@@H]1C(C(C)C)CC[C@@]2(C)O[C@@H]2CC[C@]2(C)O[C@@H]12. The van der Waals surface area contributed by atoms with E-state index in [4.69, 9.17) is 14.2 Å². The Balaban J connectivity index is 1.82. The van der Waals surface area contributed by atoms with E-state index in [9.17, 15) is 4.79 Å². The molecule has 2 heterocycles. The van der Waals surface area contributed by atoms with Crippen molar-refractivity contribution >= 4 is 5.97 Å². The van der Waals surface area contributed by atoms with Crippen molar-refractivity contribution in [2.75, 3.05) is 0 Å². The van der Waals surface area contributed by atoms with Crippen LogP contribution in [0.4, 0.5) is 0 Å². The number of carbonyl (C=O) groups is 1. The van der Waals surface area contributed by atoms with Gasteiger partial charge in [-0.3, -0.25) is 4.79 Å². The van der Waals surface area contributed by atoms with E-state index in [0.717, 1.165) is 25.7 Å². The van der Waals surface area contributed by atoms with Gasteiger partial charge in [-0.15, -0.1) is 0 Å². The minimum atomic E-state index is -0.202. The van der Waals surface area contributed by atoms with Crippen LogP contribution in [0.25, 0.3) is 0 Å². The molecule has 6 atom stereocenters. The molecular weight excluding hydrogens is 268 g/mol. The molecule has 0 spiro atoms. The summed E-state index contributed by atoms with van der Waals surface area (Å²) in [6.45, 7) is 10.3. The molecule has 0 bridgehead atoms. The lowest BCUT2D eigenvalue weighted by Gasteiger charge is -2.30. The zero-order valence-electron chi connectivity index (χ0n) is 13.8. The van der Waals surface area contributed by atoms with Gasteiger partial charge in [0.1, 0.15) is 12.2 Å². The van der Waals surface area contributed by atoms with Gasteiger partial charge in [0, 0.05) is 12.8 Å². The van der Waals surface area contributed by atoms with Crippen molar-refractivity contribution in [1.29, 1.82) is 0 Å². The van der Waals surface area contributed by atoms with Crippen molar-refractivity contribution in [3.8, 4) is 0 Å². The number of rotatable bonds is 2. The molecule has 3 aliphatic rings. The third kappa shape index (κ3) is 2.85. The topological polar surface area (TPSA) is 51.4 Å². The average Bonchev–Trinajstić information content (AvgIpc) is 3.21. The van der Waals surface area contributed by atoms with E-state index in [1.165, 1.54) is 6.92 Å². The summed E-state index contributed by atoms with van der Waals surface area (Å²) in [7, 11) is 0. The molecule has 0 radical (unpaired) electrons. The Morgan fingerprint density at radius 2 is 1.81 bits per heavy atom. The average molecular weight is 296 g/mol. The van der Waals surface area contributed by atoms with Gasteiger partial charge in [0.25, 0.3) is 0 Å². The molecule has 1 saturated carbocycles. The first-order valence-electron chi connectivity index (χ1n) is 8.28. The maximum atomic E-state index is 11.5. The Morgan fingerprint density at radius 3 is 2.43 bits per heavy atom. The van der Waals surface area contributed by atoms with Crippen LogP contribution in [0.15, 0.2) is 0 Å². The smallest absolute Gasteiger partial charge is 0.303 e. The number of esters is 1. The van der Waals surface area contributed by atoms with Crippen molar-refractivity contribution in [2.24, 2.45) is 11.8 Å². The van der Waals surface area contributed by atoms with Crippen molar-refractivity contribution in [3.05, 3.63) is 0 Å². The van der Waals surface area contributed by atoms with Gasteiger partial charge >= 0.3 is 5.97 Å². The lowest BCUT2D eigenvalue weighted by molar-refractivity contribution is -0.151. The van der Waals surface area contributed by atoms with E-state index < -0.39 is 0 Å². The van der Waals surface area contributed by atoms with Crippen LogP contribution in [0.2, 0.25) is 0 Å². The first-order chi connectivity index (χ1) is 9.75. The van der Waals surface area contributed by atoms with Gasteiger partial charge in [-0.1, -0.05) is 13.8 Å². The predicted octanol–water partition coefficient (Wildman–Crippen LogP) is 3.08. The van der Waals surface area contributed by atoms with Crippen LogP contribution in [-0.4, -0.2) is 35.5 Å². The van der Waals surface area contributed by atoms with E-state index in [1.54, 1.807) is 0 Å². The summed E-state index contributed by atoms with van der Waals surface area (Å²) >= 11 is 0. The molecule has 2 aliphatic heterocycles. The molecule has 0 aromatic rings. The quantitative estimate of drug-likeness (QED) is 0.580. The standard InChI is InChI=1S/C17H28O4/c1-10(2)12-6-8-16(4)13(20-16)7-9-17(5)15(21-17)14(12)19-11(3)18/h10,12-15H,6-9H2,1-5H3/t12?,13-,14-,15+,16-,17+/m1/s1. The Morgan fingerprint density at radius 1 is 1.14 bits per heavy atom. The lowest BCUT2D eigenvalue weighted by atomic mass is 9.78. The Kier molecular flexibility index (Phi) is 3.61. The van der Waals surface area contributed by atoms with Crippen molar-refractivity contribution < 1.29 is 19.0 Å². The highest BCUT2D eigenvalue weighted by Gasteiger charge is 2.62. The summed E-state index contributed by atoms with van der Waals surface area (Å²) in [6.07, 6.45) is 4.42. The number of ether oxygens (including phenoxy) is 3. The fourth-order valence-electron chi connectivity index (χ4n) is 4.06. The molecule has 0 amide bonds. The summed E-state index contributed by atoms with van der Waals surface area (Å²) in [5, 5.41) is 0. The van der Waals surface area contributed by atoms with Gasteiger partial charge in [0.2, 0.25) is 0 Å². The van der Waals surface area contributed by atoms with Crippen LogP contribution in [0.5, 0.6) is 0 Å². The van der Waals surface area contributed by atoms with Crippen LogP contribution >= 0.6 is 0 Å². The van der Waals surface area contributed by atoms with Crippen molar-refractivity contribution in [2.45, 2.75) is 89.8 Å². The lowest BCUT2D eigenvalue weighted by Crippen LogP contribution is -2.38. The largest absolute Gasteiger partial charge is 0.459 e. The summed E-state index contributed by atoms with van der Waals surface area (Å²) in [6, 6.07) is 0. The zero-order chi connectivity index (χ0) is 15.4. The van der Waals surface area contributed by atoms with Gasteiger partial charge in [-0.25, -0.2) is 0 Å². The highest BCUT2D eigenvalue weighted by atomic mass is 16.6. The van der Waals surface area contributed by atoms with Crippen LogP contribution in [0, 0.1) is 11.8 Å². The normalized spacial score (nSPS) is 49.0. The number of fused-ring (bicyclic) bond motifs is 2. The Bertz CT molecular complexity index is 435.